The minimum Gasteiger partial charge on any atom is -0.495 e. The van der Waals surface area contributed by atoms with Crippen molar-refractivity contribution in [3.63, 3.8) is 0 Å². The molecule has 5 nitrogen and oxygen atoms in total. The minimum absolute atomic E-state index is 0.408. The van der Waals surface area contributed by atoms with Crippen molar-refractivity contribution in [2.45, 2.75) is 0 Å². The van der Waals surface area contributed by atoms with Gasteiger partial charge in [-0.25, -0.2) is 4.79 Å². The maximum atomic E-state index is 11.9. The van der Waals surface area contributed by atoms with Gasteiger partial charge in [-0.3, -0.25) is 4.79 Å². The summed E-state index contributed by atoms with van der Waals surface area (Å²) < 4.78 is 10.0. The van der Waals surface area contributed by atoms with Crippen LogP contribution in [-0.2, 0) is 14.3 Å². The summed E-state index contributed by atoms with van der Waals surface area (Å²) in [5.41, 5.74) is 1.27. The molecular weight excluding hydrogens is 330 g/mol. The van der Waals surface area contributed by atoms with Crippen LogP contribution in [0.4, 0.5) is 5.69 Å². The van der Waals surface area contributed by atoms with Gasteiger partial charge < -0.3 is 14.8 Å². The summed E-state index contributed by atoms with van der Waals surface area (Å²) in [6.45, 7) is -0.409. The molecule has 124 valence electrons. The molecule has 2 aromatic rings. The molecule has 0 aliphatic rings. The number of ether oxygens (including phenoxy) is 2. The summed E-state index contributed by atoms with van der Waals surface area (Å²) in [7, 11) is 1.48. The quantitative estimate of drug-likeness (QED) is 0.642. The number of halogens is 1. The average Bonchev–Trinajstić information content (AvgIpc) is 2.59. The Balaban J connectivity index is 1.86. The van der Waals surface area contributed by atoms with E-state index in [1.807, 2.05) is 30.3 Å². The van der Waals surface area contributed by atoms with E-state index in [4.69, 9.17) is 21.1 Å². The van der Waals surface area contributed by atoms with Crippen molar-refractivity contribution in [2.75, 3.05) is 19.0 Å². The lowest BCUT2D eigenvalue weighted by atomic mass is 10.2. The maximum absolute atomic E-state index is 11.9. The first-order chi connectivity index (χ1) is 11.6. The zero-order chi connectivity index (χ0) is 17.4. The van der Waals surface area contributed by atoms with E-state index in [2.05, 4.69) is 5.32 Å². The van der Waals surface area contributed by atoms with Gasteiger partial charge in [0.1, 0.15) is 5.75 Å². The number of amides is 1. The Labute approximate surface area is 144 Å². The van der Waals surface area contributed by atoms with E-state index < -0.39 is 18.5 Å². The molecule has 1 N–H and O–H groups in total. The summed E-state index contributed by atoms with van der Waals surface area (Å²) in [5, 5.41) is 3.03. The van der Waals surface area contributed by atoms with Gasteiger partial charge in [0.2, 0.25) is 0 Å². The molecule has 0 unspecified atom stereocenters. The van der Waals surface area contributed by atoms with E-state index in [0.717, 1.165) is 5.56 Å². The molecule has 24 heavy (non-hydrogen) atoms. The van der Waals surface area contributed by atoms with Crippen LogP contribution in [-0.4, -0.2) is 25.6 Å². The fourth-order valence-electron chi connectivity index (χ4n) is 1.88. The molecule has 2 rings (SSSR count). The van der Waals surface area contributed by atoms with E-state index in [9.17, 15) is 9.59 Å². The van der Waals surface area contributed by atoms with Gasteiger partial charge in [0, 0.05) is 11.1 Å². The van der Waals surface area contributed by atoms with Gasteiger partial charge in [0.15, 0.2) is 6.61 Å². The number of hydrogen-bond donors (Lipinski definition) is 1. The predicted octanol–water partition coefficient (Wildman–Crippen LogP) is 3.54. The van der Waals surface area contributed by atoms with Crippen LogP contribution in [0.1, 0.15) is 5.56 Å². The zero-order valence-corrected chi connectivity index (χ0v) is 13.7. The molecule has 0 atom stereocenters. The molecule has 0 radical (unpaired) electrons. The van der Waals surface area contributed by atoms with Crippen molar-refractivity contribution in [1.29, 1.82) is 0 Å². The summed E-state index contributed by atoms with van der Waals surface area (Å²) in [6, 6.07) is 14.1. The first kappa shape index (κ1) is 17.6. The van der Waals surface area contributed by atoms with Gasteiger partial charge in [-0.15, -0.1) is 0 Å². The topological polar surface area (TPSA) is 64.6 Å². The first-order valence-electron chi connectivity index (χ1n) is 7.12. The van der Waals surface area contributed by atoms with E-state index in [-0.39, 0.29) is 0 Å². The van der Waals surface area contributed by atoms with E-state index in [1.165, 1.54) is 13.2 Å². The van der Waals surface area contributed by atoms with Crippen LogP contribution in [0, 0.1) is 0 Å². The Morgan fingerprint density at radius 3 is 2.62 bits per heavy atom. The van der Waals surface area contributed by atoms with Crippen molar-refractivity contribution in [1.82, 2.24) is 0 Å². The monoisotopic (exact) mass is 345 g/mol. The SMILES string of the molecule is COc1ccc(Cl)cc1NC(=O)COC(=O)/C=C/c1ccccc1. The first-order valence-corrected chi connectivity index (χ1v) is 7.49. The highest BCUT2D eigenvalue weighted by molar-refractivity contribution is 6.31. The second kappa shape index (κ2) is 8.74. The second-order valence-electron chi connectivity index (χ2n) is 4.74. The lowest BCUT2D eigenvalue weighted by Crippen LogP contribution is -2.20. The molecule has 0 heterocycles. The van der Waals surface area contributed by atoms with Crippen LogP contribution >= 0.6 is 11.6 Å². The maximum Gasteiger partial charge on any atom is 0.331 e. The normalized spacial score (nSPS) is 10.4. The lowest BCUT2D eigenvalue weighted by Gasteiger charge is -2.10. The van der Waals surface area contributed by atoms with Crippen LogP contribution in [0.15, 0.2) is 54.6 Å². The molecular formula is C18H16ClNO4. The summed E-state index contributed by atoms with van der Waals surface area (Å²) >= 11 is 5.88. The van der Waals surface area contributed by atoms with Gasteiger partial charge >= 0.3 is 5.97 Å². The molecule has 0 spiro atoms. The number of rotatable bonds is 6. The molecule has 6 heteroatoms. The van der Waals surface area contributed by atoms with E-state index in [0.29, 0.717) is 16.5 Å². The third-order valence-corrected chi connectivity index (χ3v) is 3.23. The van der Waals surface area contributed by atoms with Crippen molar-refractivity contribution in [3.05, 3.63) is 65.2 Å². The number of carbonyl (C=O) groups is 2. The predicted molar refractivity (Wildman–Crippen MR) is 93.1 cm³/mol. The van der Waals surface area contributed by atoms with Gasteiger partial charge in [-0.1, -0.05) is 41.9 Å². The van der Waals surface area contributed by atoms with Gasteiger partial charge in [-0.2, -0.15) is 0 Å². The summed E-state index contributed by atoms with van der Waals surface area (Å²) in [5.74, 6) is -0.632. The number of nitrogens with one attached hydrogen (secondary N) is 1. The highest BCUT2D eigenvalue weighted by atomic mass is 35.5. The van der Waals surface area contributed by atoms with E-state index in [1.54, 1.807) is 24.3 Å². The molecule has 0 fully saturated rings. The number of methoxy groups -OCH3 is 1. The Kier molecular flexibility index (Phi) is 6.40. The lowest BCUT2D eigenvalue weighted by molar-refractivity contribution is -0.142. The molecule has 0 aromatic heterocycles. The molecule has 0 saturated heterocycles. The van der Waals surface area contributed by atoms with Crippen molar-refractivity contribution in [2.24, 2.45) is 0 Å². The van der Waals surface area contributed by atoms with Crippen LogP contribution in [0.25, 0.3) is 6.08 Å². The highest BCUT2D eigenvalue weighted by Gasteiger charge is 2.10. The largest absolute Gasteiger partial charge is 0.495 e. The smallest absolute Gasteiger partial charge is 0.331 e. The molecule has 0 aliphatic carbocycles. The fraction of sp³-hybridized carbons (Fsp3) is 0.111. The Hall–Kier alpha value is -2.79. The number of anilines is 1. The van der Waals surface area contributed by atoms with Crippen LogP contribution in [0.2, 0.25) is 5.02 Å². The highest BCUT2D eigenvalue weighted by Crippen LogP contribution is 2.27. The fourth-order valence-corrected chi connectivity index (χ4v) is 2.05. The molecule has 0 bridgehead atoms. The van der Waals surface area contributed by atoms with Crippen molar-refractivity contribution in [3.8, 4) is 5.75 Å². The van der Waals surface area contributed by atoms with Crippen LogP contribution in [0.5, 0.6) is 5.75 Å². The van der Waals surface area contributed by atoms with Gasteiger partial charge in [-0.05, 0) is 29.8 Å². The summed E-state index contributed by atoms with van der Waals surface area (Å²) in [4.78, 5) is 23.5. The minimum atomic E-state index is -0.605. The third-order valence-electron chi connectivity index (χ3n) is 2.99. The Morgan fingerprint density at radius 2 is 1.92 bits per heavy atom. The van der Waals surface area contributed by atoms with E-state index >= 15 is 0 Å². The Bertz CT molecular complexity index is 744. The standard InChI is InChI=1S/C18H16ClNO4/c1-23-16-9-8-14(19)11-15(16)20-17(21)12-24-18(22)10-7-13-5-3-2-4-6-13/h2-11H,12H2,1H3,(H,20,21)/b10-7+. The third kappa shape index (κ3) is 5.44. The number of carbonyl (C=O) groups excluding carboxylic acids is 2. The average molecular weight is 346 g/mol. The van der Waals surface area contributed by atoms with Crippen molar-refractivity contribution < 1.29 is 19.1 Å². The van der Waals surface area contributed by atoms with Gasteiger partial charge in [0.05, 0.1) is 12.8 Å². The van der Waals surface area contributed by atoms with Gasteiger partial charge in [0.25, 0.3) is 5.91 Å². The number of benzene rings is 2. The number of esters is 1. The number of hydrogen-bond acceptors (Lipinski definition) is 4. The van der Waals surface area contributed by atoms with Crippen molar-refractivity contribution >= 4 is 35.2 Å². The van der Waals surface area contributed by atoms with Crippen LogP contribution in [0.3, 0.4) is 0 Å². The molecule has 0 saturated carbocycles. The Morgan fingerprint density at radius 1 is 1.17 bits per heavy atom. The molecule has 1 amide bonds. The summed E-state index contributed by atoms with van der Waals surface area (Å²) in [6.07, 6.45) is 2.88. The van der Waals surface area contributed by atoms with Crippen LogP contribution < -0.4 is 10.1 Å². The second-order valence-corrected chi connectivity index (χ2v) is 5.18. The molecule has 2 aromatic carbocycles. The zero-order valence-electron chi connectivity index (χ0n) is 13.0. The molecule has 0 aliphatic heterocycles.